The minimum atomic E-state index is -4.62. The van der Waals surface area contributed by atoms with E-state index < -0.39 is 28.8 Å². The summed E-state index contributed by atoms with van der Waals surface area (Å²) in [4.78, 5) is 7.07. The van der Waals surface area contributed by atoms with Gasteiger partial charge in [0.2, 0.25) is 5.88 Å². The minimum absolute atomic E-state index is 0.00375. The molecule has 1 saturated carbocycles. The summed E-state index contributed by atoms with van der Waals surface area (Å²) in [6, 6.07) is 0. The SMILES string of the molecule is CO[C@H]1C[C@H](Oc2nc([S+](C)[O-])ncc2C(F)(F)F)C1. The van der Waals surface area contributed by atoms with Gasteiger partial charge in [-0.25, -0.2) is 0 Å². The average molecular weight is 310 g/mol. The van der Waals surface area contributed by atoms with Gasteiger partial charge in [0.25, 0.3) is 0 Å². The second-order valence-corrected chi connectivity index (χ2v) is 5.67. The van der Waals surface area contributed by atoms with Crippen molar-refractivity contribution < 1.29 is 27.2 Å². The average Bonchev–Trinajstić information content (AvgIpc) is 2.31. The van der Waals surface area contributed by atoms with Crippen molar-refractivity contribution in [1.82, 2.24) is 9.97 Å². The summed E-state index contributed by atoms with van der Waals surface area (Å²) >= 11 is -1.58. The number of methoxy groups -OCH3 is 1. The first-order valence-electron chi connectivity index (χ1n) is 5.78. The molecule has 2 rings (SSSR count). The van der Waals surface area contributed by atoms with Crippen molar-refractivity contribution in [3.63, 3.8) is 0 Å². The van der Waals surface area contributed by atoms with E-state index in [1.54, 1.807) is 0 Å². The van der Waals surface area contributed by atoms with Crippen LogP contribution < -0.4 is 4.74 Å². The van der Waals surface area contributed by atoms with Crippen LogP contribution in [-0.2, 0) is 22.1 Å². The van der Waals surface area contributed by atoms with Crippen LogP contribution in [0.3, 0.4) is 0 Å². The van der Waals surface area contributed by atoms with Crippen LogP contribution in [0.25, 0.3) is 0 Å². The molecule has 1 aliphatic carbocycles. The molecule has 1 unspecified atom stereocenters. The fourth-order valence-electron chi connectivity index (χ4n) is 1.74. The number of halogens is 3. The van der Waals surface area contributed by atoms with Gasteiger partial charge in [-0.1, -0.05) is 0 Å². The van der Waals surface area contributed by atoms with Crippen molar-refractivity contribution in [2.75, 3.05) is 13.4 Å². The first-order chi connectivity index (χ1) is 9.31. The summed E-state index contributed by atoms with van der Waals surface area (Å²) in [6.07, 6.45) is -2.11. The van der Waals surface area contributed by atoms with Gasteiger partial charge in [-0.15, -0.1) is 4.98 Å². The Morgan fingerprint density at radius 1 is 1.35 bits per heavy atom. The molecule has 0 aliphatic heterocycles. The Balaban J connectivity index is 2.21. The Hall–Kier alpha value is -1.06. The third-order valence-electron chi connectivity index (χ3n) is 2.96. The smallest absolute Gasteiger partial charge is 0.423 e. The molecule has 0 spiro atoms. The first-order valence-corrected chi connectivity index (χ1v) is 7.34. The van der Waals surface area contributed by atoms with Crippen molar-refractivity contribution in [3.05, 3.63) is 11.8 Å². The van der Waals surface area contributed by atoms with Crippen LogP contribution in [0, 0.1) is 0 Å². The molecule has 1 atom stereocenters. The monoisotopic (exact) mass is 310 g/mol. The van der Waals surface area contributed by atoms with E-state index in [1.165, 1.54) is 13.4 Å². The van der Waals surface area contributed by atoms with Gasteiger partial charge >= 0.3 is 11.3 Å². The zero-order valence-electron chi connectivity index (χ0n) is 10.8. The van der Waals surface area contributed by atoms with Gasteiger partial charge in [0.05, 0.1) is 12.3 Å². The van der Waals surface area contributed by atoms with Gasteiger partial charge < -0.3 is 14.0 Å². The van der Waals surface area contributed by atoms with E-state index in [0.717, 1.165) is 0 Å². The van der Waals surface area contributed by atoms with Crippen molar-refractivity contribution in [2.45, 2.75) is 36.4 Å². The Labute approximate surface area is 116 Å². The molecule has 1 aromatic rings. The van der Waals surface area contributed by atoms with Crippen LogP contribution in [-0.4, -0.2) is 40.1 Å². The van der Waals surface area contributed by atoms with Crippen molar-refractivity contribution in [1.29, 1.82) is 0 Å². The second-order valence-electron chi connectivity index (χ2n) is 4.39. The maximum atomic E-state index is 12.8. The highest BCUT2D eigenvalue weighted by atomic mass is 32.2. The van der Waals surface area contributed by atoms with E-state index in [1.807, 2.05) is 0 Å². The summed E-state index contributed by atoms with van der Waals surface area (Å²) in [5.41, 5.74) is -1.06. The van der Waals surface area contributed by atoms with Crippen LogP contribution in [0.15, 0.2) is 11.4 Å². The zero-order valence-corrected chi connectivity index (χ0v) is 11.6. The van der Waals surface area contributed by atoms with Crippen LogP contribution in [0.2, 0.25) is 0 Å². The summed E-state index contributed by atoms with van der Waals surface area (Å²) in [5.74, 6) is -0.572. The fraction of sp³-hybridized carbons (Fsp3) is 0.636. The fourth-order valence-corrected chi connectivity index (χ4v) is 2.15. The number of ether oxygens (including phenoxy) is 2. The van der Waals surface area contributed by atoms with E-state index in [4.69, 9.17) is 9.47 Å². The van der Waals surface area contributed by atoms with Gasteiger partial charge in [-0.05, 0) is 0 Å². The summed E-state index contributed by atoms with van der Waals surface area (Å²) in [6.45, 7) is 0. The first kappa shape index (κ1) is 15.3. The lowest BCUT2D eigenvalue weighted by Gasteiger charge is -2.34. The molecule has 9 heteroatoms. The van der Waals surface area contributed by atoms with Gasteiger partial charge in [0.15, 0.2) is 0 Å². The maximum Gasteiger partial charge on any atom is 0.423 e. The molecule has 1 fully saturated rings. The zero-order chi connectivity index (χ0) is 14.9. The quantitative estimate of drug-likeness (QED) is 0.626. The third kappa shape index (κ3) is 3.33. The van der Waals surface area contributed by atoms with Gasteiger partial charge in [0.1, 0.15) is 17.9 Å². The molecular formula is C11H13F3N2O3S. The lowest BCUT2D eigenvalue weighted by atomic mass is 9.92. The Morgan fingerprint density at radius 3 is 2.50 bits per heavy atom. The molecule has 0 aromatic carbocycles. The highest BCUT2D eigenvalue weighted by Crippen LogP contribution is 2.37. The number of rotatable bonds is 4. The maximum absolute atomic E-state index is 12.8. The molecule has 1 aromatic heterocycles. The Morgan fingerprint density at radius 2 is 2.00 bits per heavy atom. The van der Waals surface area contributed by atoms with Crippen LogP contribution in [0.5, 0.6) is 5.88 Å². The molecule has 0 saturated heterocycles. The minimum Gasteiger partial charge on any atom is -0.609 e. The van der Waals surface area contributed by atoms with Crippen molar-refractivity contribution >= 4 is 11.2 Å². The van der Waals surface area contributed by atoms with E-state index in [0.29, 0.717) is 19.0 Å². The Kier molecular flexibility index (Phi) is 4.40. The van der Waals surface area contributed by atoms with Crippen LogP contribution in [0.4, 0.5) is 13.2 Å². The molecule has 0 N–H and O–H groups in total. The predicted octanol–water partition coefficient (Wildman–Crippen LogP) is 1.79. The number of aromatic nitrogens is 2. The van der Waals surface area contributed by atoms with Gasteiger partial charge in [-0.3, -0.25) is 0 Å². The van der Waals surface area contributed by atoms with E-state index >= 15 is 0 Å². The number of alkyl halides is 3. The lowest BCUT2D eigenvalue weighted by Crippen LogP contribution is -2.39. The van der Waals surface area contributed by atoms with Crippen LogP contribution in [0.1, 0.15) is 18.4 Å². The molecule has 112 valence electrons. The molecule has 0 bridgehead atoms. The second kappa shape index (κ2) is 5.74. The highest BCUT2D eigenvalue weighted by Gasteiger charge is 2.39. The standard InChI is InChI=1S/C11H13F3N2O3S/c1-18-6-3-7(4-6)19-9-8(11(12,13)14)5-15-10(16-9)20(2)17/h5-7H,3-4H2,1-2H3/t6-,7-,20?. The summed E-state index contributed by atoms with van der Waals surface area (Å²) in [7, 11) is 1.53. The van der Waals surface area contributed by atoms with E-state index in [9.17, 15) is 17.7 Å². The molecule has 20 heavy (non-hydrogen) atoms. The molecule has 1 heterocycles. The van der Waals surface area contributed by atoms with Crippen LogP contribution >= 0.6 is 0 Å². The van der Waals surface area contributed by atoms with Crippen molar-refractivity contribution in [3.8, 4) is 5.88 Å². The molecular weight excluding hydrogens is 297 g/mol. The molecule has 0 amide bonds. The largest absolute Gasteiger partial charge is 0.609 e. The van der Waals surface area contributed by atoms with E-state index in [2.05, 4.69) is 9.97 Å². The summed E-state index contributed by atoms with van der Waals surface area (Å²) in [5, 5.41) is -0.185. The predicted molar refractivity (Wildman–Crippen MR) is 63.8 cm³/mol. The number of nitrogens with zero attached hydrogens (tertiary/aromatic N) is 2. The van der Waals surface area contributed by atoms with E-state index in [-0.39, 0.29) is 17.4 Å². The Bertz CT molecular complexity index is 478. The van der Waals surface area contributed by atoms with Gasteiger partial charge in [-0.2, -0.15) is 18.2 Å². The third-order valence-corrected chi connectivity index (χ3v) is 3.67. The summed E-state index contributed by atoms with van der Waals surface area (Å²) < 4.78 is 60.0. The lowest BCUT2D eigenvalue weighted by molar-refractivity contribution is -0.141. The topological polar surface area (TPSA) is 67.3 Å². The molecule has 1 aliphatic rings. The van der Waals surface area contributed by atoms with Gasteiger partial charge in [0, 0.05) is 31.1 Å². The van der Waals surface area contributed by atoms with Crippen molar-refractivity contribution in [2.24, 2.45) is 0 Å². The number of hydrogen-bond acceptors (Lipinski definition) is 5. The normalized spacial score (nSPS) is 24.1. The highest BCUT2D eigenvalue weighted by molar-refractivity contribution is 7.90. The molecule has 0 radical (unpaired) electrons. The number of hydrogen-bond donors (Lipinski definition) is 0. The molecule has 5 nitrogen and oxygen atoms in total.